The summed E-state index contributed by atoms with van der Waals surface area (Å²) in [5.74, 6) is 0.178. The minimum absolute atomic E-state index is 0.0369. The number of rotatable bonds is 2. The second kappa shape index (κ2) is 4.52. The van der Waals surface area contributed by atoms with Crippen molar-refractivity contribution in [2.75, 3.05) is 0 Å². The second-order valence-electron chi connectivity index (χ2n) is 5.80. The smallest absolute Gasteiger partial charge is 0.224 e. The molecule has 0 aromatic rings. The summed E-state index contributed by atoms with van der Waals surface area (Å²) in [6, 6.07) is 0.259. The molecule has 0 bridgehead atoms. The number of hydrogen-bond acceptors (Lipinski definition) is 2. The summed E-state index contributed by atoms with van der Waals surface area (Å²) < 4.78 is 0. The topological polar surface area (TPSA) is 55.1 Å². The summed E-state index contributed by atoms with van der Waals surface area (Å²) in [7, 11) is 0. The fraction of sp³-hybridized carbons (Fsp3) is 0.917. The monoisotopic (exact) mass is 212 g/mol. The van der Waals surface area contributed by atoms with E-state index in [-0.39, 0.29) is 29.3 Å². The van der Waals surface area contributed by atoms with Crippen LogP contribution in [0.3, 0.4) is 0 Å². The van der Waals surface area contributed by atoms with E-state index < -0.39 is 0 Å². The highest BCUT2D eigenvalue weighted by Gasteiger charge is 2.32. The lowest BCUT2D eigenvalue weighted by atomic mass is 9.87. The Morgan fingerprint density at radius 2 is 2.00 bits per heavy atom. The minimum atomic E-state index is 0.0369. The quantitative estimate of drug-likeness (QED) is 0.731. The zero-order chi connectivity index (χ0) is 11.6. The normalized spacial score (nSPS) is 28.9. The molecule has 1 rings (SSSR count). The molecule has 88 valence electrons. The van der Waals surface area contributed by atoms with Gasteiger partial charge in [0.25, 0.3) is 0 Å². The molecule has 3 nitrogen and oxygen atoms in total. The van der Waals surface area contributed by atoms with Crippen LogP contribution in [0.2, 0.25) is 0 Å². The maximum atomic E-state index is 11.9. The van der Waals surface area contributed by atoms with Crippen LogP contribution in [0.1, 0.15) is 47.0 Å². The first-order chi connectivity index (χ1) is 6.82. The first kappa shape index (κ1) is 12.5. The first-order valence-electron chi connectivity index (χ1n) is 5.88. The molecular formula is C12H24N2O. The van der Waals surface area contributed by atoms with Gasteiger partial charge in [0.1, 0.15) is 0 Å². The average molecular weight is 212 g/mol. The molecule has 1 fully saturated rings. The number of carbonyl (C=O) groups excluding carboxylic acids is 1. The Morgan fingerprint density at radius 3 is 2.40 bits per heavy atom. The molecule has 0 aromatic heterocycles. The van der Waals surface area contributed by atoms with Gasteiger partial charge in [0, 0.05) is 12.1 Å². The Morgan fingerprint density at radius 1 is 1.40 bits per heavy atom. The maximum absolute atomic E-state index is 11.9. The van der Waals surface area contributed by atoms with Crippen LogP contribution in [0, 0.1) is 11.3 Å². The van der Waals surface area contributed by atoms with Crippen molar-refractivity contribution in [3.05, 3.63) is 0 Å². The lowest BCUT2D eigenvalue weighted by Crippen LogP contribution is -2.46. The Balaban J connectivity index is 2.48. The molecule has 0 spiro atoms. The molecule has 3 heteroatoms. The third-order valence-corrected chi connectivity index (χ3v) is 3.56. The van der Waals surface area contributed by atoms with Gasteiger partial charge in [-0.15, -0.1) is 0 Å². The van der Waals surface area contributed by atoms with E-state index in [9.17, 15) is 4.79 Å². The summed E-state index contributed by atoms with van der Waals surface area (Å²) in [6.07, 6.45) is 3.02. The van der Waals surface area contributed by atoms with Crippen LogP contribution >= 0.6 is 0 Å². The third kappa shape index (κ3) is 3.20. The maximum Gasteiger partial charge on any atom is 0.224 e. The molecule has 1 amide bonds. The van der Waals surface area contributed by atoms with Gasteiger partial charge < -0.3 is 11.1 Å². The summed E-state index contributed by atoms with van der Waals surface area (Å²) in [6.45, 7) is 8.45. The highest BCUT2D eigenvalue weighted by Crippen LogP contribution is 2.25. The third-order valence-electron chi connectivity index (χ3n) is 3.56. The van der Waals surface area contributed by atoms with Crippen molar-refractivity contribution in [3.63, 3.8) is 0 Å². The van der Waals surface area contributed by atoms with Crippen LogP contribution in [-0.4, -0.2) is 18.0 Å². The van der Waals surface area contributed by atoms with E-state index in [1.807, 2.05) is 0 Å². The molecule has 0 radical (unpaired) electrons. The van der Waals surface area contributed by atoms with E-state index in [4.69, 9.17) is 5.73 Å². The number of hydrogen-bond donors (Lipinski definition) is 2. The zero-order valence-electron chi connectivity index (χ0n) is 10.3. The van der Waals surface area contributed by atoms with Gasteiger partial charge in [0.2, 0.25) is 5.91 Å². The summed E-state index contributed by atoms with van der Waals surface area (Å²) >= 11 is 0. The Kier molecular flexibility index (Phi) is 3.77. The average Bonchev–Trinajstić information content (AvgIpc) is 2.49. The molecule has 1 saturated carbocycles. The van der Waals surface area contributed by atoms with E-state index in [1.165, 1.54) is 0 Å². The van der Waals surface area contributed by atoms with Crippen molar-refractivity contribution in [1.29, 1.82) is 0 Å². The van der Waals surface area contributed by atoms with Gasteiger partial charge in [-0.25, -0.2) is 0 Å². The summed E-state index contributed by atoms with van der Waals surface area (Å²) in [4.78, 5) is 11.9. The molecule has 0 aromatic carbocycles. The molecule has 15 heavy (non-hydrogen) atoms. The van der Waals surface area contributed by atoms with Crippen LogP contribution < -0.4 is 11.1 Å². The van der Waals surface area contributed by atoms with Crippen molar-refractivity contribution in [2.45, 2.75) is 59.0 Å². The Hall–Kier alpha value is -0.570. The minimum Gasteiger partial charge on any atom is -0.353 e. The lowest BCUT2D eigenvalue weighted by molar-refractivity contribution is -0.126. The van der Waals surface area contributed by atoms with Crippen molar-refractivity contribution in [1.82, 2.24) is 5.32 Å². The van der Waals surface area contributed by atoms with Crippen LogP contribution in [0.15, 0.2) is 0 Å². The van der Waals surface area contributed by atoms with Gasteiger partial charge >= 0.3 is 0 Å². The van der Waals surface area contributed by atoms with Crippen LogP contribution in [0.25, 0.3) is 0 Å². The van der Waals surface area contributed by atoms with Gasteiger partial charge in [-0.2, -0.15) is 0 Å². The van der Waals surface area contributed by atoms with Crippen LogP contribution in [0.5, 0.6) is 0 Å². The number of nitrogens with one attached hydrogen (secondary N) is 1. The molecule has 0 aliphatic heterocycles. The number of nitrogens with two attached hydrogens (primary N) is 1. The number of amides is 1. The van der Waals surface area contributed by atoms with Crippen LogP contribution in [0.4, 0.5) is 0 Å². The van der Waals surface area contributed by atoms with E-state index in [0.717, 1.165) is 19.3 Å². The lowest BCUT2D eigenvalue weighted by Gasteiger charge is -2.29. The van der Waals surface area contributed by atoms with Gasteiger partial charge in [-0.3, -0.25) is 4.79 Å². The van der Waals surface area contributed by atoms with Crippen molar-refractivity contribution >= 4 is 5.91 Å². The molecule has 1 aliphatic rings. The first-order valence-corrected chi connectivity index (χ1v) is 5.88. The predicted molar refractivity (Wildman–Crippen MR) is 62.4 cm³/mol. The summed E-state index contributed by atoms with van der Waals surface area (Å²) in [5.41, 5.74) is 6.01. The van der Waals surface area contributed by atoms with E-state index in [2.05, 4.69) is 33.0 Å². The molecule has 0 saturated heterocycles. The van der Waals surface area contributed by atoms with Gasteiger partial charge in [0.15, 0.2) is 0 Å². The van der Waals surface area contributed by atoms with E-state index in [0.29, 0.717) is 0 Å². The van der Waals surface area contributed by atoms with Crippen molar-refractivity contribution < 1.29 is 4.79 Å². The molecule has 0 heterocycles. The van der Waals surface area contributed by atoms with Gasteiger partial charge in [0.05, 0.1) is 5.92 Å². The Bertz CT molecular complexity index is 232. The van der Waals surface area contributed by atoms with E-state index in [1.54, 1.807) is 0 Å². The van der Waals surface area contributed by atoms with Gasteiger partial charge in [-0.05, 0) is 25.2 Å². The second-order valence-corrected chi connectivity index (χ2v) is 5.80. The molecule has 3 atom stereocenters. The molecule has 3 unspecified atom stereocenters. The largest absolute Gasteiger partial charge is 0.353 e. The number of carbonyl (C=O) groups is 1. The molecule has 3 N–H and O–H groups in total. The fourth-order valence-electron chi connectivity index (χ4n) is 1.85. The predicted octanol–water partition coefficient (Wildman–Crippen LogP) is 1.66. The van der Waals surface area contributed by atoms with Crippen molar-refractivity contribution in [2.24, 2.45) is 17.1 Å². The SMILES string of the molecule is CC(NC(=O)C1CCCC1N)C(C)(C)C. The Labute approximate surface area is 92.8 Å². The van der Waals surface area contributed by atoms with E-state index >= 15 is 0 Å². The summed E-state index contributed by atoms with van der Waals surface area (Å²) in [5, 5.41) is 3.07. The van der Waals surface area contributed by atoms with Crippen LogP contribution in [-0.2, 0) is 4.79 Å². The van der Waals surface area contributed by atoms with Gasteiger partial charge in [-0.1, -0.05) is 27.2 Å². The highest BCUT2D eigenvalue weighted by atomic mass is 16.2. The molecule has 1 aliphatic carbocycles. The molecular weight excluding hydrogens is 188 g/mol. The fourth-order valence-corrected chi connectivity index (χ4v) is 1.85. The standard InChI is InChI=1S/C12H24N2O/c1-8(12(2,3)4)14-11(15)9-6-5-7-10(9)13/h8-10H,5-7,13H2,1-4H3,(H,14,15). The highest BCUT2D eigenvalue weighted by molar-refractivity contribution is 5.80. The zero-order valence-corrected chi connectivity index (χ0v) is 10.3. The van der Waals surface area contributed by atoms with Crippen molar-refractivity contribution in [3.8, 4) is 0 Å².